The van der Waals surface area contributed by atoms with Gasteiger partial charge in [0.15, 0.2) is 0 Å². The Morgan fingerprint density at radius 2 is 1.53 bits per heavy atom. The molecule has 0 spiro atoms. The second-order valence-electron chi connectivity index (χ2n) is 3.81. The van der Waals surface area contributed by atoms with Crippen LogP contribution in [-0.4, -0.2) is 22.2 Å². The van der Waals surface area contributed by atoms with E-state index in [1.807, 2.05) is 0 Å². The van der Waals surface area contributed by atoms with E-state index in [2.05, 4.69) is 0 Å². The van der Waals surface area contributed by atoms with Crippen LogP contribution in [0.3, 0.4) is 0 Å². The molecular weight excluding hydrogens is 196 g/mol. The third kappa shape index (κ3) is 2.15. The molecule has 0 bridgehead atoms. The van der Waals surface area contributed by atoms with E-state index >= 15 is 0 Å². The number of benzene rings is 1. The molecule has 0 heterocycles. The van der Waals surface area contributed by atoms with E-state index in [4.69, 9.17) is 10.2 Å². The molecule has 0 fully saturated rings. The van der Waals surface area contributed by atoms with Gasteiger partial charge in [-0.05, 0) is 31.5 Å². The second kappa shape index (κ2) is 3.73. The maximum atomic E-state index is 10.9. The van der Waals surface area contributed by atoms with Crippen molar-refractivity contribution in [2.45, 2.75) is 19.3 Å². The van der Waals surface area contributed by atoms with Gasteiger partial charge in [0.1, 0.15) is 0 Å². The van der Waals surface area contributed by atoms with Crippen molar-refractivity contribution in [3.63, 3.8) is 0 Å². The fourth-order valence-corrected chi connectivity index (χ4v) is 1.15. The summed E-state index contributed by atoms with van der Waals surface area (Å²) in [7, 11) is 0. The number of hydrogen-bond acceptors (Lipinski definition) is 2. The Bertz CT molecular complexity index is 390. The van der Waals surface area contributed by atoms with Gasteiger partial charge in [-0.1, -0.05) is 12.1 Å². The lowest BCUT2D eigenvalue weighted by atomic mass is 9.84. The number of carboxylic acids is 2. The van der Waals surface area contributed by atoms with Gasteiger partial charge in [0.05, 0.1) is 11.0 Å². The molecule has 0 saturated carbocycles. The normalized spacial score (nSPS) is 11.1. The lowest BCUT2D eigenvalue weighted by Crippen LogP contribution is -2.28. The first kappa shape index (κ1) is 11.2. The number of rotatable bonds is 3. The van der Waals surface area contributed by atoms with Crippen molar-refractivity contribution in [3.05, 3.63) is 35.4 Å². The highest BCUT2D eigenvalue weighted by Gasteiger charge is 2.29. The first-order valence-electron chi connectivity index (χ1n) is 4.43. The lowest BCUT2D eigenvalue weighted by molar-refractivity contribution is -0.142. The molecule has 0 unspecified atom stereocenters. The van der Waals surface area contributed by atoms with E-state index in [-0.39, 0.29) is 5.56 Å². The molecule has 0 aliphatic carbocycles. The summed E-state index contributed by atoms with van der Waals surface area (Å²) < 4.78 is 0. The van der Waals surface area contributed by atoms with Gasteiger partial charge in [-0.3, -0.25) is 4.79 Å². The molecule has 15 heavy (non-hydrogen) atoms. The van der Waals surface area contributed by atoms with Gasteiger partial charge < -0.3 is 10.2 Å². The summed E-state index contributed by atoms with van der Waals surface area (Å²) >= 11 is 0. The predicted molar refractivity (Wildman–Crippen MR) is 54.1 cm³/mol. The van der Waals surface area contributed by atoms with Crippen LogP contribution in [0.4, 0.5) is 0 Å². The molecule has 2 N–H and O–H groups in total. The molecule has 0 amide bonds. The Morgan fingerprint density at radius 1 is 1.07 bits per heavy atom. The quantitative estimate of drug-likeness (QED) is 0.793. The third-order valence-corrected chi connectivity index (χ3v) is 2.39. The molecule has 0 aliphatic heterocycles. The Balaban J connectivity index is 3.09. The number of carboxylic acid groups (broad SMARTS) is 2. The standard InChI is InChI=1S/C11H12O4/c1-11(2,10(14)15)8-5-3-7(4-6-8)9(12)13/h3-6H,1-2H3,(H,12,13)(H,14,15). The minimum atomic E-state index is -1.02. The molecule has 0 saturated heterocycles. The van der Waals surface area contributed by atoms with E-state index in [9.17, 15) is 9.59 Å². The summed E-state index contributed by atoms with van der Waals surface area (Å²) in [6.45, 7) is 3.15. The predicted octanol–water partition coefficient (Wildman–Crippen LogP) is 1.75. The van der Waals surface area contributed by atoms with Crippen molar-refractivity contribution in [1.29, 1.82) is 0 Å². The number of aromatic carboxylic acids is 1. The zero-order valence-electron chi connectivity index (χ0n) is 8.52. The highest BCUT2D eigenvalue weighted by molar-refractivity contribution is 5.88. The average Bonchev–Trinajstić information content (AvgIpc) is 2.17. The molecular formula is C11H12O4. The van der Waals surface area contributed by atoms with Crippen LogP contribution in [-0.2, 0) is 10.2 Å². The largest absolute Gasteiger partial charge is 0.481 e. The van der Waals surface area contributed by atoms with Crippen LogP contribution in [0.2, 0.25) is 0 Å². The van der Waals surface area contributed by atoms with Gasteiger partial charge in [0.25, 0.3) is 0 Å². The molecule has 1 rings (SSSR count). The van der Waals surface area contributed by atoms with Crippen LogP contribution >= 0.6 is 0 Å². The molecule has 0 aliphatic rings. The molecule has 0 aromatic heterocycles. The molecule has 0 atom stereocenters. The summed E-state index contributed by atoms with van der Waals surface area (Å²) in [4.78, 5) is 21.5. The molecule has 1 aromatic carbocycles. The van der Waals surface area contributed by atoms with E-state index in [0.717, 1.165) is 0 Å². The Kier molecular flexibility index (Phi) is 2.79. The van der Waals surface area contributed by atoms with E-state index in [0.29, 0.717) is 5.56 Å². The SMILES string of the molecule is CC(C)(C(=O)O)c1ccc(C(=O)O)cc1. The van der Waals surface area contributed by atoms with Gasteiger partial charge in [-0.2, -0.15) is 0 Å². The maximum Gasteiger partial charge on any atom is 0.335 e. The van der Waals surface area contributed by atoms with Crippen molar-refractivity contribution in [2.24, 2.45) is 0 Å². The van der Waals surface area contributed by atoms with Crippen LogP contribution in [0.5, 0.6) is 0 Å². The van der Waals surface area contributed by atoms with Gasteiger partial charge in [-0.25, -0.2) is 4.79 Å². The van der Waals surface area contributed by atoms with Crippen LogP contribution in [0.1, 0.15) is 29.8 Å². The van der Waals surface area contributed by atoms with Crippen molar-refractivity contribution in [3.8, 4) is 0 Å². The van der Waals surface area contributed by atoms with E-state index in [1.54, 1.807) is 13.8 Å². The molecule has 80 valence electrons. The monoisotopic (exact) mass is 208 g/mol. The van der Waals surface area contributed by atoms with Crippen molar-refractivity contribution in [2.75, 3.05) is 0 Å². The highest BCUT2D eigenvalue weighted by atomic mass is 16.4. The smallest absolute Gasteiger partial charge is 0.335 e. The van der Waals surface area contributed by atoms with E-state index < -0.39 is 17.4 Å². The number of carbonyl (C=O) groups is 2. The average molecular weight is 208 g/mol. The van der Waals surface area contributed by atoms with Gasteiger partial charge in [0, 0.05) is 0 Å². The minimum absolute atomic E-state index is 0.153. The Morgan fingerprint density at radius 3 is 1.87 bits per heavy atom. The first-order valence-corrected chi connectivity index (χ1v) is 4.43. The molecule has 0 radical (unpaired) electrons. The summed E-state index contributed by atoms with van der Waals surface area (Å²) in [5.41, 5.74) is -0.267. The molecule has 4 heteroatoms. The fraction of sp³-hybridized carbons (Fsp3) is 0.273. The summed E-state index contributed by atoms with van der Waals surface area (Å²) in [6, 6.07) is 5.86. The zero-order valence-corrected chi connectivity index (χ0v) is 8.52. The van der Waals surface area contributed by atoms with Crippen molar-refractivity contribution in [1.82, 2.24) is 0 Å². The van der Waals surface area contributed by atoms with E-state index in [1.165, 1.54) is 24.3 Å². The Hall–Kier alpha value is -1.84. The van der Waals surface area contributed by atoms with Crippen LogP contribution in [0.15, 0.2) is 24.3 Å². The third-order valence-electron chi connectivity index (χ3n) is 2.39. The van der Waals surface area contributed by atoms with Gasteiger partial charge in [0.2, 0.25) is 0 Å². The Labute approximate surface area is 87.2 Å². The lowest BCUT2D eigenvalue weighted by Gasteiger charge is -2.19. The number of hydrogen-bond donors (Lipinski definition) is 2. The topological polar surface area (TPSA) is 74.6 Å². The van der Waals surface area contributed by atoms with Crippen LogP contribution in [0.25, 0.3) is 0 Å². The van der Waals surface area contributed by atoms with Crippen molar-refractivity contribution >= 4 is 11.9 Å². The zero-order chi connectivity index (χ0) is 11.6. The maximum absolute atomic E-state index is 10.9. The van der Waals surface area contributed by atoms with Gasteiger partial charge in [-0.15, -0.1) is 0 Å². The van der Waals surface area contributed by atoms with Crippen molar-refractivity contribution < 1.29 is 19.8 Å². The summed E-state index contributed by atoms with van der Waals surface area (Å²) in [5.74, 6) is -1.96. The first-order chi connectivity index (χ1) is 6.85. The summed E-state index contributed by atoms with van der Waals surface area (Å²) in [5, 5.41) is 17.6. The second-order valence-corrected chi connectivity index (χ2v) is 3.81. The summed E-state index contributed by atoms with van der Waals surface area (Å²) in [6.07, 6.45) is 0. The van der Waals surface area contributed by atoms with Crippen LogP contribution in [0, 0.1) is 0 Å². The highest BCUT2D eigenvalue weighted by Crippen LogP contribution is 2.23. The fourth-order valence-electron chi connectivity index (χ4n) is 1.15. The molecule has 4 nitrogen and oxygen atoms in total. The number of aliphatic carboxylic acids is 1. The van der Waals surface area contributed by atoms with Crippen LogP contribution < -0.4 is 0 Å². The molecule has 1 aromatic rings. The minimum Gasteiger partial charge on any atom is -0.481 e. The van der Waals surface area contributed by atoms with Gasteiger partial charge >= 0.3 is 11.9 Å².